The quantitative estimate of drug-likeness (QED) is 0.781. The first-order valence-corrected chi connectivity index (χ1v) is 6.05. The molecule has 0 unspecified atom stereocenters. The Kier molecular flexibility index (Phi) is 3.95. The summed E-state index contributed by atoms with van der Waals surface area (Å²) in [4.78, 5) is 12.1. The van der Waals surface area contributed by atoms with Crippen molar-refractivity contribution in [3.8, 4) is 5.75 Å². The van der Waals surface area contributed by atoms with E-state index in [-0.39, 0.29) is 18.2 Å². The molecule has 0 aliphatic heterocycles. The predicted octanol–water partition coefficient (Wildman–Crippen LogP) is 3.70. The van der Waals surface area contributed by atoms with Gasteiger partial charge in [0.1, 0.15) is 11.6 Å². The SMILES string of the molecule is Cc1ccc(C)c(C(=O)COc2cccc(F)c2)c1. The van der Waals surface area contributed by atoms with Gasteiger partial charge in [-0.2, -0.15) is 0 Å². The standard InChI is InChI=1S/C16H15FO2/c1-11-6-7-12(2)15(8-11)16(18)10-19-14-5-3-4-13(17)9-14/h3-9H,10H2,1-2H3. The van der Waals surface area contributed by atoms with Crippen LogP contribution in [0.2, 0.25) is 0 Å². The van der Waals surface area contributed by atoms with Crippen LogP contribution in [0.5, 0.6) is 5.75 Å². The fraction of sp³-hybridized carbons (Fsp3) is 0.188. The summed E-state index contributed by atoms with van der Waals surface area (Å²) >= 11 is 0. The molecular formula is C16H15FO2. The molecule has 2 nitrogen and oxygen atoms in total. The summed E-state index contributed by atoms with van der Waals surface area (Å²) in [5, 5.41) is 0. The Hall–Kier alpha value is -2.16. The molecule has 2 aromatic carbocycles. The van der Waals surface area contributed by atoms with Gasteiger partial charge in [0.15, 0.2) is 12.4 Å². The largest absolute Gasteiger partial charge is 0.485 e. The molecule has 19 heavy (non-hydrogen) atoms. The van der Waals surface area contributed by atoms with Crippen molar-refractivity contribution in [3.63, 3.8) is 0 Å². The third-order valence-electron chi connectivity index (χ3n) is 2.86. The molecule has 0 aliphatic rings. The molecule has 0 fully saturated rings. The molecule has 3 heteroatoms. The van der Waals surface area contributed by atoms with Crippen LogP contribution in [0.15, 0.2) is 42.5 Å². The Balaban J connectivity index is 2.07. The van der Waals surface area contributed by atoms with Gasteiger partial charge in [0.25, 0.3) is 0 Å². The van der Waals surface area contributed by atoms with Crippen LogP contribution in [0.4, 0.5) is 4.39 Å². The lowest BCUT2D eigenvalue weighted by Crippen LogP contribution is -2.13. The highest BCUT2D eigenvalue weighted by molar-refractivity contribution is 5.98. The molecule has 0 heterocycles. The zero-order chi connectivity index (χ0) is 13.8. The third kappa shape index (κ3) is 3.41. The summed E-state index contributed by atoms with van der Waals surface area (Å²) in [7, 11) is 0. The van der Waals surface area contributed by atoms with Crippen LogP contribution in [0, 0.1) is 19.7 Å². The highest BCUT2D eigenvalue weighted by Crippen LogP contribution is 2.15. The highest BCUT2D eigenvalue weighted by atomic mass is 19.1. The van der Waals surface area contributed by atoms with Crippen molar-refractivity contribution < 1.29 is 13.9 Å². The van der Waals surface area contributed by atoms with Crippen LogP contribution in [-0.2, 0) is 0 Å². The minimum absolute atomic E-state index is 0.0895. The van der Waals surface area contributed by atoms with Gasteiger partial charge < -0.3 is 4.74 Å². The number of ether oxygens (including phenoxy) is 1. The number of halogens is 1. The van der Waals surface area contributed by atoms with E-state index >= 15 is 0 Å². The molecule has 0 radical (unpaired) electrons. The van der Waals surface area contributed by atoms with Gasteiger partial charge in [0.2, 0.25) is 0 Å². The maximum atomic E-state index is 13.0. The van der Waals surface area contributed by atoms with E-state index in [9.17, 15) is 9.18 Å². The molecule has 0 bridgehead atoms. The fourth-order valence-electron chi connectivity index (χ4n) is 1.82. The molecule has 0 N–H and O–H groups in total. The van der Waals surface area contributed by atoms with Gasteiger partial charge in [-0.3, -0.25) is 4.79 Å². The van der Waals surface area contributed by atoms with Crippen molar-refractivity contribution >= 4 is 5.78 Å². The van der Waals surface area contributed by atoms with Crippen LogP contribution < -0.4 is 4.74 Å². The maximum Gasteiger partial charge on any atom is 0.200 e. The lowest BCUT2D eigenvalue weighted by atomic mass is 10.0. The second-order valence-electron chi connectivity index (χ2n) is 4.49. The summed E-state index contributed by atoms with van der Waals surface area (Å²) in [6, 6.07) is 11.5. The zero-order valence-corrected chi connectivity index (χ0v) is 10.9. The number of hydrogen-bond acceptors (Lipinski definition) is 2. The van der Waals surface area contributed by atoms with E-state index in [0.717, 1.165) is 11.1 Å². The molecule has 2 rings (SSSR count). The molecular weight excluding hydrogens is 243 g/mol. The van der Waals surface area contributed by atoms with Crippen molar-refractivity contribution in [2.45, 2.75) is 13.8 Å². The van der Waals surface area contributed by atoms with Crippen molar-refractivity contribution in [2.24, 2.45) is 0 Å². The first-order chi connectivity index (χ1) is 9.06. The smallest absolute Gasteiger partial charge is 0.200 e. The van der Waals surface area contributed by atoms with Gasteiger partial charge in [-0.25, -0.2) is 4.39 Å². The van der Waals surface area contributed by atoms with E-state index < -0.39 is 0 Å². The van der Waals surface area contributed by atoms with Crippen molar-refractivity contribution in [3.05, 3.63) is 65.0 Å². The van der Waals surface area contributed by atoms with Crippen LogP contribution in [-0.4, -0.2) is 12.4 Å². The van der Waals surface area contributed by atoms with Crippen LogP contribution >= 0.6 is 0 Å². The van der Waals surface area contributed by atoms with Crippen molar-refractivity contribution in [1.29, 1.82) is 0 Å². The molecule has 0 aliphatic carbocycles. The second-order valence-corrected chi connectivity index (χ2v) is 4.49. The molecule has 0 amide bonds. The van der Waals surface area contributed by atoms with E-state index in [1.807, 2.05) is 32.0 Å². The Bertz CT molecular complexity index is 605. The second kappa shape index (κ2) is 5.65. The highest BCUT2D eigenvalue weighted by Gasteiger charge is 2.10. The third-order valence-corrected chi connectivity index (χ3v) is 2.86. The Morgan fingerprint density at radius 3 is 2.68 bits per heavy atom. The van der Waals surface area contributed by atoms with Crippen molar-refractivity contribution in [2.75, 3.05) is 6.61 Å². The lowest BCUT2D eigenvalue weighted by molar-refractivity contribution is 0.0920. The van der Waals surface area contributed by atoms with Crippen LogP contribution in [0.25, 0.3) is 0 Å². The number of carbonyl (C=O) groups excluding carboxylic acids is 1. The number of rotatable bonds is 4. The minimum atomic E-state index is -0.378. The van der Waals surface area contributed by atoms with Crippen molar-refractivity contribution in [1.82, 2.24) is 0 Å². The average molecular weight is 258 g/mol. The number of ketones is 1. The number of carbonyl (C=O) groups is 1. The monoisotopic (exact) mass is 258 g/mol. The topological polar surface area (TPSA) is 26.3 Å². The van der Waals surface area contributed by atoms with Crippen LogP contribution in [0.1, 0.15) is 21.5 Å². The van der Waals surface area contributed by atoms with Gasteiger partial charge in [-0.05, 0) is 37.6 Å². The van der Waals surface area contributed by atoms with Gasteiger partial charge in [-0.1, -0.05) is 23.8 Å². The predicted molar refractivity (Wildman–Crippen MR) is 72.1 cm³/mol. The molecule has 0 saturated heterocycles. The molecule has 2 aromatic rings. The Morgan fingerprint density at radius 2 is 1.95 bits per heavy atom. The minimum Gasteiger partial charge on any atom is -0.485 e. The van der Waals surface area contributed by atoms with E-state index in [1.165, 1.54) is 12.1 Å². The molecule has 0 aromatic heterocycles. The number of Topliss-reactive ketones (excluding diaryl/α,β-unsaturated/α-hetero) is 1. The van der Waals surface area contributed by atoms with E-state index in [4.69, 9.17) is 4.74 Å². The Labute approximate surface area is 111 Å². The van der Waals surface area contributed by atoms with E-state index in [2.05, 4.69) is 0 Å². The normalized spacial score (nSPS) is 10.3. The summed E-state index contributed by atoms with van der Waals surface area (Å²) < 4.78 is 18.3. The van der Waals surface area contributed by atoms with Gasteiger partial charge in [0, 0.05) is 11.6 Å². The number of benzene rings is 2. The molecule has 0 spiro atoms. The molecule has 98 valence electrons. The summed E-state index contributed by atoms with van der Waals surface area (Å²) in [6.45, 7) is 3.73. The molecule has 0 atom stereocenters. The van der Waals surface area contributed by atoms with Crippen LogP contribution in [0.3, 0.4) is 0 Å². The van der Waals surface area contributed by atoms with E-state index in [0.29, 0.717) is 11.3 Å². The average Bonchev–Trinajstić information content (AvgIpc) is 2.39. The molecule has 0 saturated carbocycles. The first-order valence-electron chi connectivity index (χ1n) is 6.05. The summed E-state index contributed by atoms with van der Waals surface area (Å²) in [5.74, 6) is -0.124. The number of aryl methyl sites for hydroxylation is 2. The zero-order valence-electron chi connectivity index (χ0n) is 10.9. The summed E-state index contributed by atoms with van der Waals surface area (Å²) in [5.41, 5.74) is 2.59. The van der Waals surface area contributed by atoms with E-state index in [1.54, 1.807) is 12.1 Å². The van der Waals surface area contributed by atoms with Gasteiger partial charge in [0.05, 0.1) is 0 Å². The summed E-state index contributed by atoms with van der Waals surface area (Å²) in [6.07, 6.45) is 0. The first kappa shape index (κ1) is 13.3. The van der Waals surface area contributed by atoms with Gasteiger partial charge in [-0.15, -0.1) is 0 Å². The Morgan fingerprint density at radius 1 is 1.16 bits per heavy atom. The maximum absolute atomic E-state index is 13.0. The lowest BCUT2D eigenvalue weighted by Gasteiger charge is -2.08. The van der Waals surface area contributed by atoms with Gasteiger partial charge >= 0.3 is 0 Å². The number of hydrogen-bond donors (Lipinski definition) is 0. The fourth-order valence-corrected chi connectivity index (χ4v) is 1.82.